The van der Waals surface area contributed by atoms with Crippen LogP contribution in [0.2, 0.25) is 5.02 Å². The molecule has 1 aliphatic rings. The van der Waals surface area contributed by atoms with Crippen LogP contribution in [0.1, 0.15) is 46.8 Å². The smallest absolute Gasteiger partial charge is 0.335 e. The SMILES string of the molecule is CC(C)c1ccc(CN2CCc3cc(-c4ccc(C(=O)O)cc4Cl)ccc32)cc1. The van der Waals surface area contributed by atoms with E-state index in [2.05, 4.69) is 61.2 Å². The number of carboxylic acids is 1. The van der Waals surface area contributed by atoms with Crippen LogP contribution in [-0.2, 0) is 13.0 Å². The number of nitrogens with zero attached hydrogens (tertiary/aromatic N) is 1. The third kappa shape index (κ3) is 4.01. The lowest BCUT2D eigenvalue weighted by Gasteiger charge is -2.20. The van der Waals surface area contributed by atoms with E-state index in [0.717, 1.165) is 30.6 Å². The van der Waals surface area contributed by atoms with Crippen molar-refractivity contribution < 1.29 is 9.90 Å². The maximum atomic E-state index is 11.1. The zero-order valence-electron chi connectivity index (χ0n) is 16.7. The van der Waals surface area contributed by atoms with Crippen molar-refractivity contribution in [3.63, 3.8) is 0 Å². The van der Waals surface area contributed by atoms with Crippen LogP contribution >= 0.6 is 11.6 Å². The fraction of sp³-hybridized carbons (Fsp3) is 0.240. The van der Waals surface area contributed by atoms with Crippen LogP contribution in [-0.4, -0.2) is 17.6 Å². The van der Waals surface area contributed by atoms with Crippen LogP contribution in [0.4, 0.5) is 5.69 Å². The van der Waals surface area contributed by atoms with E-state index in [9.17, 15) is 4.79 Å². The van der Waals surface area contributed by atoms with Gasteiger partial charge in [0.2, 0.25) is 0 Å². The minimum Gasteiger partial charge on any atom is -0.478 e. The Morgan fingerprint density at radius 2 is 1.83 bits per heavy atom. The zero-order chi connectivity index (χ0) is 20.5. The summed E-state index contributed by atoms with van der Waals surface area (Å²) in [5.41, 5.74) is 7.34. The predicted molar refractivity (Wildman–Crippen MR) is 119 cm³/mol. The Labute approximate surface area is 176 Å². The van der Waals surface area contributed by atoms with Gasteiger partial charge in [-0.05, 0) is 58.9 Å². The Kier molecular flexibility index (Phi) is 5.33. The molecule has 0 unspecified atom stereocenters. The molecule has 0 radical (unpaired) electrons. The first-order chi connectivity index (χ1) is 13.9. The highest BCUT2D eigenvalue weighted by Crippen LogP contribution is 2.36. The number of anilines is 1. The fourth-order valence-electron chi connectivity index (χ4n) is 3.91. The monoisotopic (exact) mass is 405 g/mol. The van der Waals surface area contributed by atoms with Crippen molar-refractivity contribution in [2.75, 3.05) is 11.4 Å². The van der Waals surface area contributed by atoms with E-state index in [1.54, 1.807) is 12.1 Å². The van der Waals surface area contributed by atoms with Crippen molar-refractivity contribution in [3.05, 3.63) is 87.9 Å². The second kappa shape index (κ2) is 7.92. The molecule has 1 heterocycles. The molecule has 3 aromatic rings. The van der Waals surface area contributed by atoms with Crippen LogP contribution in [0.15, 0.2) is 60.7 Å². The Morgan fingerprint density at radius 1 is 1.07 bits per heavy atom. The molecule has 3 nitrogen and oxygen atoms in total. The van der Waals surface area contributed by atoms with Gasteiger partial charge in [-0.15, -0.1) is 0 Å². The van der Waals surface area contributed by atoms with Crippen molar-refractivity contribution in [1.82, 2.24) is 0 Å². The lowest BCUT2D eigenvalue weighted by Crippen LogP contribution is -2.19. The van der Waals surface area contributed by atoms with Crippen molar-refractivity contribution in [2.24, 2.45) is 0 Å². The summed E-state index contributed by atoms with van der Waals surface area (Å²) in [6.45, 7) is 6.32. The predicted octanol–water partition coefficient (Wildman–Crippen LogP) is 6.39. The quantitative estimate of drug-likeness (QED) is 0.534. The first-order valence-corrected chi connectivity index (χ1v) is 10.3. The van der Waals surface area contributed by atoms with Crippen LogP contribution in [0, 0.1) is 0 Å². The maximum absolute atomic E-state index is 11.1. The van der Waals surface area contributed by atoms with Gasteiger partial charge in [0.25, 0.3) is 0 Å². The van der Waals surface area contributed by atoms with Gasteiger partial charge >= 0.3 is 5.97 Å². The number of carbonyl (C=O) groups is 1. The summed E-state index contributed by atoms with van der Waals surface area (Å²) < 4.78 is 0. The summed E-state index contributed by atoms with van der Waals surface area (Å²) in [5, 5.41) is 9.59. The lowest BCUT2D eigenvalue weighted by molar-refractivity contribution is 0.0697. The molecule has 0 bridgehead atoms. The molecule has 0 saturated carbocycles. The Balaban J connectivity index is 1.55. The summed E-state index contributed by atoms with van der Waals surface area (Å²) in [7, 11) is 0. The van der Waals surface area contributed by atoms with E-state index in [-0.39, 0.29) is 5.56 Å². The molecule has 0 atom stereocenters. The molecule has 29 heavy (non-hydrogen) atoms. The summed E-state index contributed by atoms with van der Waals surface area (Å²) in [6.07, 6.45) is 0.998. The minimum absolute atomic E-state index is 0.203. The van der Waals surface area contributed by atoms with E-state index in [1.807, 2.05) is 0 Å². The molecule has 0 spiro atoms. The largest absolute Gasteiger partial charge is 0.478 e. The van der Waals surface area contributed by atoms with Crippen LogP contribution < -0.4 is 4.90 Å². The van der Waals surface area contributed by atoms with Gasteiger partial charge in [0.1, 0.15) is 0 Å². The number of fused-ring (bicyclic) bond motifs is 1. The third-order valence-electron chi connectivity index (χ3n) is 5.62. The number of hydrogen-bond acceptors (Lipinski definition) is 2. The molecule has 0 amide bonds. The van der Waals surface area contributed by atoms with E-state index < -0.39 is 5.97 Å². The first-order valence-electron chi connectivity index (χ1n) is 9.92. The molecule has 0 saturated heterocycles. The molecule has 4 heteroatoms. The van der Waals surface area contributed by atoms with Gasteiger partial charge < -0.3 is 10.0 Å². The maximum Gasteiger partial charge on any atom is 0.335 e. The van der Waals surface area contributed by atoms with Crippen molar-refractivity contribution >= 4 is 23.3 Å². The highest BCUT2D eigenvalue weighted by Gasteiger charge is 2.20. The molecule has 0 fully saturated rings. The second-order valence-electron chi connectivity index (χ2n) is 7.91. The fourth-order valence-corrected chi connectivity index (χ4v) is 4.20. The number of aromatic carboxylic acids is 1. The topological polar surface area (TPSA) is 40.5 Å². The number of rotatable bonds is 5. The average Bonchev–Trinajstić information content (AvgIpc) is 3.10. The van der Waals surface area contributed by atoms with Crippen molar-refractivity contribution in [1.29, 1.82) is 0 Å². The number of hydrogen-bond donors (Lipinski definition) is 1. The van der Waals surface area contributed by atoms with Gasteiger partial charge in [0, 0.05) is 29.4 Å². The van der Waals surface area contributed by atoms with Crippen molar-refractivity contribution in [3.8, 4) is 11.1 Å². The van der Waals surface area contributed by atoms with Gasteiger partial charge in [0.05, 0.1) is 5.56 Å². The number of benzene rings is 3. The Hall–Kier alpha value is -2.78. The van der Waals surface area contributed by atoms with Gasteiger partial charge in [0.15, 0.2) is 0 Å². The molecule has 1 N–H and O–H groups in total. The molecule has 0 aromatic heterocycles. The normalized spacial score (nSPS) is 13.0. The van der Waals surface area contributed by atoms with Crippen molar-refractivity contribution in [2.45, 2.75) is 32.7 Å². The van der Waals surface area contributed by atoms with Crippen LogP contribution in [0.25, 0.3) is 11.1 Å². The first kappa shape index (κ1) is 19.5. The summed E-state index contributed by atoms with van der Waals surface area (Å²) in [6, 6.07) is 20.2. The van der Waals surface area contributed by atoms with Crippen LogP contribution in [0.5, 0.6) is 0 Å². The summed E-state index contributed by atoms with van der Waals surface area (Å²) >= 11 is 6.36. The molecule has 3 aromatic carbocycles. The van der Waals surface area contributed by atoms with Crippen LogP contribution in [0.3, 0.4) is 0 Å². The van der Waals surface area contributed by atoms with E-state index in [1.165, 1.54) is 28.4 Å². The summed E-state index contributed by atoms with van der Waals surface area (Å²) in [4.78, 5) is 13.5. The number of halogens is 1. The molecule has 148 valence electrons. The second-order valence-corrected chi connectivity index (χ2v) is 8.32. The lowest BCUT2D eigenvalue weighted by atomic mass is 10.00. The number of carboxylic acid groups (broad SMARTS) is 1. The van der Waals surface area contributed by atoms with E-state index in [4.69, 9.17) is 16.7 Å². The summed E-state index contributed by atoms with van der Waals surface area (Å²) in [5.74, 6) is -0.421. The Bertz CT molecular complexity index is 1060. The van der Waals surface area contributed by atoms with Gasteiger partial charge in [-0.1, -0.05) is 61.8 Å². The average molecular weight is 406 g/mol. The minimum atomic E-state index is -0.968. The van der Waals surface area contributed by atoms with Gasteiger partial charge in [-0.3, -0.25) is 0 Å². The van der Waals surface area contributed by atoms with E-state index in [0.29, 0.717) is 10.9 Å². The zero-order valence-corrected chi connectivity index (χ0v) is 17.4. The third-order valence-corrected chi connectivity index (χ3v) is 5.93. The molecule has 0 aliphatic carbocycles. The molecular weight excluding hydrogens is 382 g/mol. The van der Waals surface area contributed by atoms with Gasteiger partial charge in [-0.2, -0.15) is 0 Å². The van der Waals surface area contributed by atoms with Gasteiger partial charge in [-0.25, -0.2) is 4.79 Å². The van der Waals surface area contributed by atoms with E-state index >= 15 is 0 Å². The highest BCUT2D eigenvalue weighted by molar-refractivity contribution is 6.33. The molecular formula is C25H24ClNO2. The highest BCUT2D eigenvalue weighted by atomic mass is 35.5. The standard InChI is InChI=1S/C25H24ClNO2/c1-16(2)18-5-3-17(4-6-18)15-27-12-11-20-13-19(8-10-24(20)27)22-9-7-21(25(28)29)14-23(22)26/h3-10,13-14,16H,11-12,15H2,1-2H3,(H,28,29). The molecule has 4 rings (SSSR count). The Morgan fingerprint density at radius 3 is 2.48 bits per heavy atom. The molecule has 1 aliphatic heterocycles.